The first-order chi connectivity index (χ1) is 10.8. The monoisotopic (exact) mass is 358 g/mol. The summed E-state index contributed by atoms with van der Waals surface area (Å²) in [6, 6.07) is 9.77. The fourth-order valence-corrected chi connectivity index (χ4v) is 2.94. The molecule has 0 radical (unpaired) electrons. The summed E-state index contributed by atoms with van der Waals surface area (Å²) in [7, 11) is 0. The van der Waals surface area contributed by atoms with E-state index in [1.807, 2.05) is 35.0 Å². The Labute approximate surface area is 136 Å². The van der Waals surface area contributed by atoms with Gasteiger partial charge in [0.2, 0.25) is 0 Å². The van der Waals surface area contributed by atoms with Gasteiger partial charge in [0.1, 0.15) is 17.9 Å². The van der Waals surface area contributed by atoms with Crippen LogP contribution in [-0.4, -0.2) is 20.0 Å². The van der Waals surface area contributed by atoms with Gasteiger partial charge in [-0.1, -0.05) is 11.3 Å². The van der Waals surface area contributed by atoms with Crippen molar-refractivity contribution in [2.24, 2.45) is 5.92 Å². The van der Waals surface area contributed by atoms with Gasteiger partial charge in [-0.15, -0.1) is 5.10 Å². The zero-order valence-electron chi connectivity index (χ0n) is 11.9. The zero-order chi connectivity index (χ0) is 14.9. The Bertz CT molecular complexity index is 799. The van der Waals surface area contributed by atoms with Gasteiger partial charge in [-0.25, -0.2) is 4.68 Å². The third kappa shape index (κ3) is 2.70. The quantitative estimate of drug-likeness (QED) is 0.699. The molecule has 0 saturated heterocycles. The molecule has 1 aliphatic carbocycles. The lowest BCUT2D eigenvalue weighted by atomic mass is 10.3. The van der Waals surface area contributed by atoms with E-state index >= 15 is 0 Å². The van der Waals surface area contributed by atoms with Crippen molar-refractivity contribution in [2.75, 3.05) is 0 Å². The molecule has 0 unspecified atom stereocenters. The Balaban J connectivity index is 1.58. The first-order valence-corrected chi connectivity index (χ1v) is 8.15. The fourth-order valence-electron chi connectivity index (χ4n) is 2.41. The van der Waals surface area contributed by atoms with E-state index in [0.717, 1.165) is 39.4 Å². The second-order valence-corrected chi connectivity index (χ2v) is 6.36. The van der Waals surface area contributed by atoms with Crippen LogP contribution in [0.1, 0.15) is 18.5 Å². The Morgan fingerprint density at radius 3 is 2.91 bits per heavy atom. The van der Waals surface area contributed by atoms with E-state index in [9.17, 15) is 0 Å². The van der Waals surface area contributed by atoms with Crippen LogP contribution in [0.25, 0.3) is 11.0 Å². The van der Waals surface area contributed by atoms with Gasteiger partial charge in [-0.2, -0.15) is 0 Å². The molecule has 2 aromatic heterocycles. The van der Waals surface area contributed by atoms with Crippen LogP contribution in [0.2, 0.25) is 0 Å². The molecule has 0 spiro atoms. The normalized spacial score (nSPS) is 14.4. The number of rotatable bonds is 5. The van der Waals surface area contributed by atoms with E-state index in [1.54, 1.807) is 6.20 Å². The number of fused-ring (bicyclic) bond motifs is 1. The van der Waals surface area contributed by atoms with Crippen molar-refractivity contribution in [3.63, 3.8) is 0 Å². The molecule has 0 bridgehead atoms. The van der Waals surface area contributed by atoms with Gasteiger partial charge in [0.05, 0.1) is 15.7 Å². The van der Waals surface area contributed by atoms with E-state index < -0.39 is 0 Å². The molecular weight excluding hydrogens is 344 g/mol. The van der Waals surface area contributed by atoms with Gasteiger partial charge in [0.15, 0.2) is 0 Å². The number of benzene rings is 1. The lowest BCUT2D eigenvalue weighted by Gasteiger charge is -2.08. The number of halogens is 1. The summed E-state index contributed by atoms with van der Waals surface area (Å²) in [6.45, 7) is 1.39. The van der Waals surface area contributed by atoms with Crippen LogP contribution in [0.3, 0.4) is 0 Å². The van der Waals surface area contributed by atoms with Crippen LogP contribution in [0, 0.1) is 5.92 Å². The van der Waals surface area contributed by atoms with Crippen LogP contribution in [0.5, 0.6) is 5.75 Å². The Morgan fingerprint density at radius 2 is 2.14 bits per heavy atom. The minimum absolute atomic E-state index is 0.432. The molecule has 22 heavy (non-hydrogen) atoms. The van der Waals surface area contributed by atoms with Crippen molar-refractivity contribution in [1.82, 2.24) is 20.0 Å². The average molecular weight is 359 g/mol. The highest BCUT2D eigenvalue weighted by atomic mass is 79.9. The molecule has 0 amide bonds. The summed E-state index contributed by atoms with van der Waals surface area (Å²) < 4.78 is 8.68. The molecule has 0 atom stereocenters. The molecule has 5 nitrogen and oxygen atoms in total. The maximum Gasteiger partial charge on any atom is 0.136 e. The second-order valence-electron chi connectivity index (χ2n) is 5.57. The second kappa shape index (κ2) is 5.68. The number of pyridine rings is 1. The number of nitrogens with zero attached hydrogens (tertiary/aromatic N) is 4. The lowest BCUT2D eigenvalue weighted by molar-refractivity contribution is 0.300. The van der Waals surface area contributed by atoms with Crippen molar-refractivity contribution in [3.8, 4) is 5.75 Å². The van der Waals surface area contributed by atoms with Crippen molar-refractivity contribution in [2.45, 2.75) is 26.0 Å². The molecule has 0 N–H and O–H groups in total. The number of aromatic nitrogens is 4. The van der Waals surface area contributed by atoms with E-state index in [1.165, 1.54) is 12.8 Å². The molecule has 1 aromatic carbocycles. The highest BCUT2D eigenvalue weighted by Crippen LogP contribution is 2.35. The predicted octanol–water partition coefficient (Wildman–Crippen LogP) is 3.58. The molecule has 1 fully saturated rings. The van der Waals surface area contributed by atoms with Gasteiger partial charge in [0, 0.05) is 12.7 Å². The molecule has 3 aromatic rings. The molecule has 112 valence electrons. The third-order valence-electron chi connectivity index (χ3n) is 3.82. The van der Waals surface area contributed by atoms with Crippen molar-refractivity contribution in [3.05, 3.63) is 46.7 Å². The topological polar surface area (TPSA) is 52.8 Å². The SMILES string of the molecule is Brc1c(OCc2ccccn2)ccc2c1nnn2CC1CC1. The van der Waals surface area contributed by atoms with Crippen molar-refractivity contribution >= 4 is 27.0 Å². The number of hydrogen-bond acceptors (Lipinski definition) is 4. The number of ether oxygens (including phenoxy) is 1. The summed E-state index contributed by atoms with van der Waals surface area (Å²) in [5.74, 6) is 1.53. The Kier molecular flexibility index (Phi) is 3.54. The summed E-state index contributed by atoms with van der Waals surface area (Å²) in [4.78, 5) is 4.26. The molecular formula is C16H15BrN4O. The summed E-state index contributed by atoms with van der Waals surface area (Å²) in [5, 5.41) is 8.55. The molecule has 6 heteroatoms. The maximum absolute atomic E-state index is 5.85. The van der Waals surface area contributed by atoms with Gasteiger partial charge in [-0.05, 0) is 59.0 Å². The van der Waals surface area contributed by atoms with E-state index in [-0.39, 0.29) is 0 Å². The van der Waals surface area contributed by atoms with E-state index in [0.29, 0.717) is 6.61 Å². The van der Waals surface area contributed by atoms with Crippen LogP contribution in [0.15, 0.2) is 41.0 Å². The van der Waals surface area contributed by atoms with Gasteiger partial charge >= 0.3 is 0 Å². The predicted molar refractivity (Wildman–Crippen MR) is 86.5 cm³/mol. The first-order valence-electron chi connectivity index (χ1n) is 7.35. The zero-order valence-corrected chi connectivity index (χ0v) is 13.5. The highest BCUT2D eigenvalue weighted by molar-refractivity contribution is 9.10. The fraction of sp³-hybridized carbons (Fsp3) is 0.312. The van der Waals surface area contributed by atoms with E-state index in [2.05, 4.69) is 31.2 Å². The maximum atomic E-state index is 5.85. The van der Waals surface area contributed by atoms with Crippen LogP contribution in [0.4, 0.5) is 0 Å². The highest BCUT2D eigenvalue weighted by Gasteiger charge is 2.23. The summed E-state index contributed by atoms with van der Waals surface area (Å²) in [5.41, 5.74) is 2.79. The van der Waals surface area contributed by atoms with Crippen LogP contribution in [-0.2, 0) is 13.2 Å². The minimum Gasteiger partial charge on any atom is -0.486 e. The third-order valence-corrected chi connectivity index (χ3v) is 4.59. The molecule has 1 aliphatic rings. The molecule has 2 heterocycles. The summed E-state index contributed by atoms with van der Waals surface area (Å²) >= 11 is 3.59. The first kappa shape index (κ1) is 13.7. The largest absolute Gasteiger partial charge is 0.486 e. The smallest absolute Gasteiger partial charge is 0.136 e. The minimum atomic E-state index is 0.432. The average Bonchev–Trinajstić information content (AvgIpc) is 3.27. The van der Waals surface area contributed by atoms with Crippen LogP contribution >= 0.6 is 15.9 Å². The van der Waals surface area contributed by atoms with Crippen LogP contribution < -0.4 is 4.74 Å². The number of hydrogen-bond donors (Lipinski definition) is 0. The van der Waals surface area contributed by atoms with Gasteiger partial charge in [-0.3, -0.25) is 4.98 Å². The molecule has 1 saturated carbocycles. The Hall–Kier alpha value is -1.95. The standard InChI is InChI=1S/C16H15BrN4O/c17-15-14(22-10-12-3-1-2-8-18-12)7-6-13-16(15)19-20-21(13)9-11-4-5-11/h1-3,6-8,11H,4-5,9-10H2. The van der Waals surface area contributed by atoms with Crippen molar-refractivity contribution < 1.29 is 4.74 Å². The molecule has 0 aliphatic heterocycles. The van der Waals surface area contributed by atoms with Gasteiger partial charge in [0.25, 0.3) is 0 Å². The van der Waals surface area contributed by atoms with E-state index in [4.69, 9.17) is 4.74 Å². The molecule has 4 rings (SSSR count). The van der Waals surface area contributed by atoms with Gasteiger partial charge < -0.3 is 4.74 Å². The lowest BCUT2D eigenvalue weighted by Crippen LogP contribution is -2.02. The summed E-state index contributed by atoms with van der Waals surface area (Å²) in [6.07, 6.45) is 4.36. The van der Waals surface area contributed by atoms with Crippen molar-refractivity contribution in [1.29, 1.82) is 0 Å². The Morgan fingerprint density at radius 1 is 1.23 bits per heavy atom.